The molecule has 176 valence electrons. The molecule has 1 aliphatic rings. The molecule has 1 aliphatic heterocycles. The predicted octanol–water partition coefficient (Wildman–Crippen LogP) is 4.02. The van der Waals surface area contributed by atoms with Gasteiger partial charge in [0.15, 0.2) is 0 Å². The van der Waals surface area contributed by atoms with E-state index in [-0.39, 0.29) is 23.4 Å². The molecule has 0 unspecified atom stereocenters. The van der Waals surface area contributed by atoms with E-state index >= 15 is 0 Å². The highest BCUT2D eigenvalue weighted by molar-refractivity contribution is 7.89. The second kappa shape index (κ2) is 10.6. The van der Waals surface area contributed by atoms with Gasteiger partial charge in [-0.05, 0) is 79.7 Å². The van der Waals surface area contributed by atoms with Crippen LogP contribution in [0, 0.1) is 5.92 Å². The highest BCUT2D eigenvalue weighted by Crippen LogP contribution is 2.29. The molecule has 33 heavy (non-hydrogen) atoms. The van der Waals surface area contributed by atoms with Crippen molar-refractivity contribution < 1.29 is 17.6 Å². The monoisotopic (exact) mass is 487 g/mol. The van der Waals surface area contributed by atoms with Gasteiger partial charge in [-0.1, -0.05) is 13.0 Å². The number of furan rings is 1. The number of nitrogens with zero attached hydrogens (tertiary/aromatic N) is 1. The van der Waals surface area contributed by atoms with Crippen LogP contribution in [0.2, 0.25) is 0 Å². The van der Waals surface area contributed by atoms with Crippen molar-refractivity contribution in [3.8, 4) is 0 Å². The fourth-order valence-electron chi connectivity index (χ4n) is 3.97. The number of rotatable bonds is 9. The minimum atomic E-state index is -3.70. The Hall–Kier alpha value is -2.46. The van der Waals surface area contributed by atoms with E-state index in [1.165, 1.54) is 36.1 Å². The largest absolute Gasteiger partial charge is 0.468 e. The Morgan fingerprint density at radius 2 is 1.91 bits per heavy atom. The highest BCUT2D eigenvalue weighted by atomic mass is 32.2. The van der Waals surface area contributed by atoms with Gasteiger partial charge in [0.05, 0.1) is 23.7 Å². The molecule has 7 nitrogen and oxygen atoms in total. The summed E-state index contributed by atoms with van der Waals surface area (Å²) in [5.74, 6) is 1.05. The van der Waals surface area contributed by atoms with E-state index in [2.05, 4.69) is 33.3 Å². The van der Waals surface area contributed by atoms with Crippen LogP contribution in [0.15, 0.2) is 69.5 Å². The third kappa shape index (κ3) is 6.11. The molecular weight excluding hydrogens is 458 g/mol. The Kier molecular flexibility index (Phi) is 7.64. The van der Waals surface area contributed by atoms with E-state index in [1.807, 2.05) is 6.07 Å². The van der Waals surface area contributed by atoms with Crippen molar-refractivity contribution in [3.63, 3.8) is 0 Å². The molecule has 9 heteroatoms. The van der Waals surface area contributed by atoms with Crippen molar-refractivity contribution in [2.75, 3.05) is 19.6 Å². The van der Waals surface area contributed by atoms with Gasteiger partial charge in [0.1, 0.15) is 5.76 Å². The number of likely N-dealkylation sites (tertiary alicyclic amines) is 1. The zero-order valence-electron chi connectivity index (χ0n) is 18.6. The topological polar surface area (TPSA) is 91.7 Å². The molecule has 1 atom stereocenters. The SMILES string of the molecule is CC1CCN([C@@H](CNC(=O)c2ccc(S(=O)(=O)NCc3ccco3)cc2)c2cccs2)CC1. The van der Waals surface area contributed by atoms with Crippen LogP contribution in [0.1, 0.15) is 46.8 Å². The normalized spacial score (nSPS) is 16.5. The quantitative estimate of drug-likeness (QED) is 0.476. The molecule has 2 aromatic heterocycles. The number of thiophene rings is 1. The lowest BCUT2D eigenvalue weighted by molar-refractivity contribution is 0.0915. The Morgan fingerprint density at radius 3 is 2.55 bits per heavy atom. The van der Waals surface area contributed by atoms with Gasteiger partial charge < -0.3 is 9.73 Å². The maximum absolute atomic E-state index is 12.8. The van der Waals surface area contributed by atoms with Gasteiger partial charge in [-0.15, -0.1) is 11.3 Å². The summed E-state index contributed by atoms with van der Waals surface area (Å²) in [6.45, 7) is 4.92. The molecule has 1 aromatic carbocycles. The third-order valence-electron chi connectivity index (χ3n) is 6.03. The van der Waals surface area contributed by atoms with Crippen LogP contribution in [-0.4, -0.2) is 38.9 Å². The molecule has 3 heterocycles. The first-order valence-corrected chi connectivity index (χ1v) is 13.5. The molecule has 1 fully saturated rings. The maximum atomic E-state index is 12.8. The molecule has 0 radical (unpaired) electrons. The van der Waals surface area contributed by atoms with Crippen LogP contribution >= 0.6 is 11.3 Å². The van der Waals surface area contributed by atoms with Gasteiger partial charge in [0.25, 0.3) is 5.91 Å². The zero-order valence-corrected chi connectivity index (χ0v) is 20.2. The van der Waals surface area contributed by atoms with E-state index in [4.69, 9.17) is 4.42 Å². The van der Waals surface area contributed by atoms with Gasteiger partial charge in [-0.2, -0.15) is 0 Å². The first-order valence-electron chi connectivity index (χ1n) is 11.1. The molecule has 4 rings (SSSR count). The molecular formula is C24H29N3O4S2. The number of benzene rings is 1. The van der Waals surface area contributed by atoms with Crippen molar-refractivity contribution in [1.29, 1.82) is 0 Å². The second-order valence-corrected chi connectivity index (χ2v) is 11.1. The fourth-order valence-corrected chi connectivity index (χ4v) is 5.82. The van der Waals surface area contributed by atoms with Gasteiger partial charge in [0.2, 0.25) is 10.0 Å². The predicted molar refractivity (Wildman–Crippen MR) is 129 cm³/mol. The summed E-state index contributed by atoms with van der Waals surface area (Å²) >= 11 is 1.71. The minimum absolute atomic E-state index is 0.0664. The number of carbonyl (C=O) groups excluding carboxylic acids is 1. The summed E-state index contributed by atoms with van der Waals surface area (Å²) in [5, 5.41) is 5.11. The van der Waals surface area contributed by atoms with Crippen LogP contribution in [0.25, 0.3) is 0 Å². The summed E-state index contributed by atoms with van der Waals surface area (Å²) in [5.41, 5.74) is 0.428. The molecule has 3 aromatic rings. The number of amides is 1. The van der Waals surface area contributed by atoms with Crippen LogP contribution in [0.5, 0.6) is 0 Å². The van der Waals surface area contributed by atoms with Gasteiger partial charge >= 0.3 is 0 Å². The molecule has 2 N–H and O–H groups in total. The molecule has 1 amide bonds. The Bertz CT molecular complexity index is 1120. The van der Waals surface area contributed by atoms with Crippen molar-refractivity contribution in [2.45, 2.75) is 37.2 Å². The number of hydrogen-bond donors (Lipinski definition) is 2. The maximum Gasteiger partial charge on any atom is 0.251 e. The van der Waals surface area contributed by atoms with Crippen molar-refractivity contribution >= 4 is 27.3 Å². The van der Waals surface area contributed by atoms with Gasteiger partial charge in [-0.3, -0.25) is 9.69 Å². The van der Waals surface area contributed by atoms with Crippen LogP contribution in [-0.2, 0) is 16.6 Å². The smallest absolute Gasteiger partial charge is 0.251 e. The van der Waals surface area contributed by atoms with Crippen LogP contribution < -0.4 is 10.0 Å². The van der Waals surface area contributed by atoms with Crippen LogP contribution in [0.3, 0.4) is 0 Å². The molecule has 1 saturated heterocycles. The lowest BCUT2D eigenvalue weighted by Gasteiger charge is -2.36. The van der Waals surface area contributed by atoms with Gasteiger partial charge in [0, 0.05) is 17.0 Å². The van der Waals surface area contributed by atoms with E-state index in [0.717, 1.165) is 19.0 Å². The average molecular weight is 488 g/mol. The number of hydrogen-bond acceptors (Lipinski definition) is 6. The summed E-state index contributed by atoms with van der Waals surface area (Å²) in [6.07, 6.45) is 3.82. The Labute approximate surface area is 198 Å². The summed E-state index contributed by atoms with van der Waals surface area (Å²) < 4.78 is 32.6. The molecule has 0 spiro atoms. The molecule has 0 saturated carbocycles. The van der Waals surface area contributed by atoms with Crippen molar-refractivity contribution in [1.82, 2.24) is 14.9 Å². The van der Waals surface area contributed by atoms with Crippen LogP contribution in [0.4, 0.5) is 0 Å². The zero-order chi connectivity index (χ0) is 23.3. The lowest BCUT2D eigenvalue weighted by Crippen LogP contribution is -2.41. The van der Waals surface area contributed by atoms with E-state index in [9.17, 15) is 13.2 Å². The van der Waals surface area contributed by atoms with E-state index in [0.29, 0.717) is 17.9 Å². The summed E-state index contributed by atoms with van der Waals surface area (Å²) in [4.78, 5) is 16.6. The molecule has 0 aliphatic carbocycles. The van der Waals surface area contributed by atoms with Crippen molar-refractivity contribution in [3.05, 3.63) is 76.4 Å². The third-order valence-corrected chi connectivity index (χ3v) is 8.42. The highest BCUT2D eigenvalue weighted by Gasteiger charge is 2.26. The standard InChI is InChI=1S/C24H29N3O4S2/c1-18-10-12-27(13-11-18)22(23-5-3-15-32-23)17-25-24(28)19-6-8-21(9-7-19)33(29,30)26-16-20-4-2-14-31-20/h2-9,14-15,18,22,26H,10-13,16-17H2,1H3,(H,25,28)/t22-/m0/s1. The number of nitrogens with one attached hydrogen (secondary N) is 2. The molecule has 0 bridgehead atoms. The first-order chi connectivity index (χ1) is 15.9. The number of sulfonamides is 1. The minimum Gasteiger partial charge on any atom is -0.468 e. The summed E-state index contributed by atoms with van der Waals surface area (Å²) in [6, 6.07) is 13.7. The average Bonchev–Trinajstić information content (AvgIpc) is 3.54. The number of piperidine rings is 1. The van der Waals surface area contributed by atoms with Gasteiger partial charge in [-0.25, -0.2) is 13.1 Å². The first kappa shape index (κ1) is 23.7. The lowest BCUT2D eigenvalue weighted by atomic mass is 9.97. The van der Waals surface area contributed by atoms with Crippen molar-refractivity contribution in [2.24, 2.45) is 5.92 Å². The Balaban J connectivity index is 1.37. The number of carbonyl (C=O) groups is 1. The Morgan fingerprint density at radius 1 is 1.15 bits per heavy atom. The summed E-state index contributed by atoms with van der Waals surface area (Å²) in [7, 11) is -3.70. The van der Waals surface area contributed by atoms with E-state index in [1.54, 1.807) is 35.6 Å². The van der Waals surface area contributed by atoms with E-state index < -0.39 is 10.0 Å². The second-order valence-electron chi connectivity index (χ2n) is 8.39. The fraction of sp³-hybridized carbons (Fsp3) is 0.375.